The Morgan fingerprint density at radius 3 is 2.55 bits per heavy atom. The van der Waals surface area contributed by atoms with E-state index in [-0.39, 0.29) is 11.7 Å². The highest BCUT2D eigenvalue weighted by Gasteiger charge is 2.17. The van der Waals surface area contributed by atoms with Crippen LogP contribution in [0.2, 0.25) is 0 Å². The zero-order valence-electron chi connectivity index (χ0n) is 11.3. The number of carboxylic acids is 1. The molecule has 0 atom stereocenters. The van der Waals surface area contributed by atoms with Crippen LogP contribution in [0.25, 0.3) is 11.1 Å². The summed E-state index contributed by atoms with van der Waals surface area (Å²) in [5.74, 6) is -1.41. The maximum Gasteiger partial charge on any atom is 0.339 e. The Bertz CT molecular complexity index is 635. The van der Waals surface area contributed by atoms with Gasteiger partial charge in [0.15, 0.2) is 0 Å². The Balaban J connectivity index is 2.52. The molecule has 0 aliphatic heterocycles. The van der Waals surface area contributed by atoms with Gasteiger partial charge in [-0.05, 0) is 43.2 Å². The molecule has 0 bridgehead atoms. The summed E-state index contributed by atoms with van der Waals surface area (Å²) in [6.45, 7) is 3.80. The first-order valence-electron chi connectivity index (χ1n) is 6.28. The predicted octanol–water partition coefficient (Wildman–Crippen LogP) is 3.98. The molecular formula is C16H15FO3. The molecule has 104 valence electrons. The number of carboxylic acid groups (broad SMARTS) is 1. The normalized spacial score (nSPS) is 10.6. The van der Waals surface area contributed by atoms with Crippen LogP contribution in [0.5, 0.6) is 5.75 Å². The fraction of sp³-hybridized carbons (Fsp3) is 0.188. The summed E-state index contributed by atoms with van der Waals surface area (Å²) in [6.07, 6.45) is 0.0108. The van der Waals surface area contributed by atoms with E-state index < -0.39 is 11.8 Å². The highest BCUT2D eigenvalue weighted by Crippen LogP contribution is 2.28. The van der Waals surface area contributed by atoms with Crippen LogP contribution >= 0.6 is 0 Å². The fourth-order valence-electron chi connectivity index (χ4n) is 1.99. The Morgan fingerprint density at radius 1 is 1.20 bits per heavy atom. The smallest absolute Gasteiger partial charge is 0.339 e. The van der Waals surface area contributed by atoms with E-state index in [9.17, 15) is 9.18 Å². The van der Waals surface area contributed by atoms with Crippen LogP contribution in [0.1, 0.15) is 24.2 Å². The topological polar surface area (TPSA) is 46.5 Å². The number of aromatic carboxylic acids is 1. The molecule has 0 saturated heterocycles. The molecule has 2 rings (SSSR count). The van der Waals surface area contributed by atoms with E-state index in [1.807, 2.05) is 13.8 Å². The van der Waals surface area contributed by atoms with Crippen LogP contribution in [0, 0.1) is 5.82 Å². The van der Waals surface area contributed by atoms with Crippen molar-refractivity contribution in [3.8, 4) is 16.9 Å². The molecule has 2 aromatic carbocycles. The Kier molecular flexibility index (Phi) is 4.03. The first-order chi connectivity index (χ1) is 9.49. The molecular weight excluding hydrogens is 259 g/mol. The highest BCUT2D eigenvalue weighted by atomic mass is 19.1. The number of ether oxygens (including phenoxy) is 1. The monoisotopic (exact) mass is 274 g/mol. The first-order valence-corrected chi connectivity index (χ1v) is 6.28. The molecule has 3 nitrogen and oxygen atoms in total. The molecule has 0 aromatic heterocycles. The maximum atomic E-state index is 13.7. The summed E-state index contributed by atoms with van der Waals surface area (Å²) in [5, 5.41) is 9.15. The lowest BCUT2D eigenvalue weighted by Crippen LogP contribution is -2.06. The van der Waals surface area contributed by atoms with Gasteiger partial charge in [0.05, 0.1) is 6.10 Å². The van der Waals surface area contributed by atoms with Gasteiger partial charge in [0.1, 0.15) is 17.1 Å². The molecule has 2 aromatic rings. The first kappa shape index (κ1) is 14.1. The third-order valence-electron chi connectivity index (χ3n) is 2.74. The summed E-state index contributed by atoms with van der Waals surface area (Å²) >= 11 is 0. The molecule has 0 spiro atoms. The number of carbonyl (C=O) groups is 1. The average molecular weight is 274 g/mol. The van der Waals surface area contributed by atoms with Crippen molar-refractivity contribution in [2.24, 2.45) is 0 Å². The second-order valence-corrected chi connectivity index (χ2v) is 4.66. The molecule has 0 heterocycles. The summed E-state index contributed by atoms with van der Waals surface area (Å²) in [6, 6.07) is 11.2. The van der Waals surface area contributed by atoms with Crippen molar-refractivity contribution in [1.29, 1.82) is 0 Å². The van der Waals surface area contributed by atoms with E-state index in [0.29, 0.717) is 16.9 Å². The molecule has 0 unspecified atom stereocenters. The summed E-state index contributed by atoms with van der Waals surface area (Å²) in [4.78, 5) is 11.2. The molecule has 0 aliphatic carbocycles. The maximum absolute atomic E-state index is 13.7. The molecule has 0 fully saturated rings. The van der Waals surface area contributed by atoms with Crippen molar-refractivity contribution in [2.75, 3.05) is 0 Å². The lowest BCUT2D eigenvalue weighted by molar-refractivity contribution is 0.0693. The number of rotatable bonds is 4. The number of hydrogen-bond acceptors (Lipinski definition) is 2. The van der Waals surface area contributed by atoms with Crippen molar-refractivity contribution in [3.63, 3.8) is 0 Å². The largest absolute Gasteiger partial charge is 0.491 e. The molecule has 0 radical (unpaired) electrons. The Labute approximate surface area is 116 Å². The van der Waals surface area contributed by atoms with Gasteiger partial charge in [-0.3, -0.25) is 0 Å². The van der Waals surface area contributed by atoms with Gasteiger partial charge in [-0.25, -0.2) is 9.18 Å². The minimum absolute atomic E-state index is 0.0108. The number of hydrogen-bond donors (Lipinski definition) is 1. The quantitative estimate of drug-likeness (QED) is 0.917. The van der Waals surface area contributed by atoms with Gasteiger partial charge in [0.25, 0.3) is 0 Å². The zero-order valence-corrected chi connectivity index (χ0v) is 11.3. The molecule has 0 amide bonds. The van der Waals surface area contributed by atoms with E-state index in [2.05, 4.69) is 0 Å². The van der Waals surface area contributed by atoms with Crippen molar-refractivity contribution in [3.05, 3.63) is 53.8 Å². The van der Waals surface area contributed by atoms with Gasteiger partial charge in [0.2, 0.25) is 0 Å². The lowest BCUT2D eigenvalue weighted by Gasteiger charge is -2.12. The van der Waals surface area contributed by atoms with Gasteiger partial charge >= 0.3 is 5.97 Å². The van der Waals surface area contributed by atoms with Crippen molar-refractivity contribution >= 4 is 5.97 Å². The minimum atomic E-state index is -1.28. The van der Waals surface area contributed by atoms with Gasteiger partial charge in [-0.15, -0.1) is 0 Å². The number of halogens is 1. The third-order valence-corrected chi connectivity index (χ3v) is 2.74. The SMILES string of the molecule is CC(C)Oc1cccc(-c2cccc(F)c2C(=O)O)c1. The van der Waals surface area contributed by atoms with E-state index >= 15 is 0 Å². The fourth-order valence-corrected chi connectivity index (χ4v) is 1.99. The van der Waals surface area contributed by atoms with Crippen LogP contribution in [-0.2, 0) is 0 Å². The Morgan fingerprint density at radius 2 is 1.90 bits per heavy atom. The van der Waals surface area contributed by atoms with E-state index in [1.54, 1.807) is 30.3 Å². The van der Waals surface area contributed by atoms with Crippen LogP contribution in [-0.4, -0.2) is 17.2 Å². The van der Waals surface area contributed by atoms with E-state index in [1.165, 1.54) is 6.07 Å². The summed E-state index contributed by atoms with van der Waals surface area (Å²) in [5.41, 5.74) is 0.626. The highest BCUT2D eigenvalue weighted by molar-refractivity contribution is 5.96. The second kappa shape index (κ2) is 5.74. The second-order valence-electron chi connectivity index (χ2n) is 4.66. The van der Waals surface area contributed by atoms with E-state index in [4.69, 9.17) is 9.84 Å². The van der Waals surface area contributed by atoms with Crippen LogP contribution in [0.3, 0.4) is 0 Å². The standard InChI is InChI=1S/C16H15FO3/c1-10(2)20-12-6-3-5-11(9-12)13-7-4-8-14(17)15(13)16(18)19/h3-10H,1-2H3,(H,18,19). The zero-order chi connectivity index (χ0) is 14.7. The van der Waals surface area contributed by atoms with Crippen LogP contribution in [0.15, 0.2) is 42.5 Å². The average Bonchev–Trinajstić information content (AvgIpc) is 2.37. The molecule has 4 heteroatoms. The third kappa shape index (κ3) is 2.96. The lowest BCUT2D eigenvalue weighted by atomic mass is 9.99. The van der Waals surface area contributed by atoms with E-state index in [0.717, 1.165) is 6.07 Å². The predicted molar refractivity (Wildman–Crippen MR) is 74.6 cm³/mol. The van der Waals surface area contributed by atoms with Gasteiger partial charge < -0.3 is 9.84 Å². The van der Waals surface area contributed by atoms with Crippen molar-refractivity contribution in [1.82, 2.24) is 0 Å². The summed E-state index contributed by atoms with van der Waals surface area (Å²) in [7, 11) is 0. The molecule has 0 saturated carbocycles. The van der Waals surface area contributed by atoms with Crippen molar-refractivity contribution in [2.45, 2.75) is 20.0 Å². The summed E-state index contributed by atoms with van der Waals surface area (Å²) < 4.78 is 19.3. The number of benzene rings is 2. The molecule has 20 heavy (non-hydrogen) atoms. The van der Waals surface area contributed by atoms with Gasteiger partial charge in [-0.1, -0.05) is 24.3 Å². The molecule has 0 aliphatic rings. The van der Waals surface area contributed by atoms with Crippen LogP contribution in [0.4, 0.5) is 4.39 Å². The minimum Gasteiger partial charge on any atom is -0.491 e. The Hall–Kier alpha value is -2.36. The van der Waals surface area contributed by atoms with Gasteiger partial charge in [0, 0.05) is 0 Å². The van der Waals surface area contributed by atoms with Gasteiger partial charge in [-0.2, -0.15) is 0 Å². The van der Waals surface area contributed by atoms with Crippen LogP contribution < -0.4 is 4.74 Å². The van der Waals surface area contributed by atoms with Crippen molar-refractivity contribution < 1.29 is 19.0 Å². The molecule has 1 N–H and O–H groups in total.